The van der Waals surface area contributed by atoms with Crippen molar-refractivity contribution in [3.05, 3.63) is 71.0 Å². The summed E-state index contributed by atoms with van der Waals surface area (Å²) in [6.07, 6.45) is 7.57. The van der Waals surface area contributed by atoms with Gasteiger partial charge in [0.25, 0.3) is 5.91 Å². The van der Waals surface area contributed by atoms with Crippen molar-refractivity contribution in [2.24, 2.45) is 0 Å². The van der Waals surface area contributed by atoms with Gasteiger partial charge in [-0.05, 0) is 23.8 Å². The minimum absolute atomic E-state index is 0.193. The fourth-order valence-corrected chi connectivity index (χ4v) is 3.34. The quantitative estimate of drug-likeness (QED) is 0.574. The van der Waals surface area contributed by atoms with E-state index in [-0.39, 0.29) is 5.91 Å². The summed E-state index contributed by atoms with van der Waals surface area (Å²) in [6.45, 7) is 0.408. The molecule has 0 bridgehead atoms. The minimum Gasteiger partial charge on any atom is -0.469 e. The maximum absolute atomic E-state index is 12.5. The average Bonchev–Trinajstić information content (AvgIpc) is 3.33. The number of aromatic nitrogens is 3. The lowest BCUT2D eigenvalue weighted by Gasteiger charge is -2.06. The third-order valence-electron chi connectivity index (χ3n) is 3.74. The van der Waals surface area contributed by atoms with Crippen LogP contribution in [0.25, 0.3) is 5.65 Å². The van der Waals surface area contributed by atoms with Gasteiger partial charge in [0.2, 0.25) is 0 Å². The van der Waals surface area contributed by atoms with Crippen molar-refractivity contribution in [2.45, 2.75) is 13.0 Å². The molecule has 4 rings (SSSR count). The lowest BCUT2D eigenvalue weighted by molar-refractivity contribution is 0.0954. The maximum Gasteiger partial charge on any atom is 0.263 e. The molecule has 0 fully saturated rings. The molecule has 4 heterocycles. The molecule has 7 nitrogen and oxygen atoms in total. The number of pyridine rings is 1. The van der Waals surface area contributed by atoms with Gasteiger partial charge in [-0.15, -0.1) is 0 Å². The Morgan fingerprint density at radius 3 is 3.12 bits per heavy atom. The van der Waals surface area contributed by atoms with Crippen molar-refractivity contribution in [1.29, 1.82) is 0 Å². The lowest BCUT2D eigenvalue weighted by Crippen LogP contribution is -2.23. The van der Waals surface area contributed by atoms with Crippen molar-refractivity contribution in [3.63, 3.8) is 0 Å². The molecule has 25 heavy (non-hydrogen) atoms. The largest absolute Gasteiger partial charge is 0.469 e. The van der Waals surface area contributed by atoms with Crippen molar-refractivity contribution < 1.29 is 9.21 Å². The van der Waals surface area contributed by atoms with E-state index in [2.05, 4.69) is 15.3 Å². The highest BCUT2D eigenvalue weighted by atomic mass is 32.1. The van der Waals surface area contributed by atoms with Gasteiger partial charge in [-0.2, -0.15) is 0 Å². The summed E-state index contributed by atoms with van der Waals surface area (Å²) in [4.78, 5) is 21.5. The smallest absolute Gasteiger partial charge is 0.263 e. The molecular formula is C17H15N5O2S. The molecule has 3 N–H and O–H groups in total. The zero-order valence-electron chi connectivity index (χ0n) is 13.2. The summed E-state index contributed by atoms with van der Waals surface area (Å²) < 4.78 is 7.24. The van der Waals surface area contributed by atoms with E-state index in [9.17, 15) is 4.79 Å². The Hall–Kier alpha value is -3.13. The van der Waals surface area contributed by atoms with Gasteiger partial charge in [-0.25, -0.2) is 9.97 Å². The van der Waals surface area contributed by atoms with Crippen LogP contribution in [-0.4, -0.2) is 20.3 Å². The number of rotatable bonds is 5. The van der Waals surface area contributed by atoms with Crippen LogP contribution in [0.2, 0.25) is 0 Å². The van der Waals surface area contributed by atoms with Crippen molar-refractivity contribution in [3.8, 4) is 0 Å². The molecular weight excluding hydrogens is 338 g/mol. The number of nitrogens with two attached hydrogens (primary N) is 1. The summed E-state index contributed by atoms with van der Waals surface area (Å²) in [5, 5.41) is 3.28. The Balaban J connectivity index is 1.49. The van der Waals surface area contributed by atoms with Crippen molar-refractivity contribution in [1.82, 2.24) is 19.7 Å². The molecule has 4 aromatic heterocycles. The second-order valence-electron chi connectivity index (χ2n) is 5.50. The van der Waals surface area contributed by atoms with E-state index < -0.39 is 0 Å². The van der Waals surface area contributed by atoms with E-state index in [1.165, 1.54) is 11.3 Å². The van der Waals surface area contributed by atoms with E-state index in [0.29, 0.717) is 28.7 Å². The Kier molecular flexibility index (Phi) is 3.95. The predicted molar refractivity (Wildman–Crippen MR) is 94.4 cm³/mol. The number of fused-ring (bicyclic) bond motifs is 1. The van der Waals surface area contributed by atoms with Crippen molar-refractivity contribution >= 4 is 28.0 Å². The third-order valence-corrected chi connectivity index (χ3v) is 4.67. The number of nitrogens with one attached hydrogen (secondary N) is 1. The normalized spacial score (nSPS) is 11.0. The molecule has 0 spiro atoms. The van der Waals surface area contributed by atoms with Crippen LogP contribution in [0.15, 0.2) is 53.5 Å². The van der Waals surface area contributed by atoms with Crippen LogP contribution in [0.1, 0.15) is 26.7 Å². The Morgan fingerprint density at radius 2 is 2.28 bits per heavy atom. The zero-order valence-corrected chi connectivity index (χ0v) is 14.0. The predicted octanol–water partition coefficient (Wildman–Crippen LogP) is 2.49. The second kappa shape index (κ2) is 6.40. The number of nitrogens with zero attached hydrogens (tertiary/aromatic N) is 3. The van der Waals surface area contributed by atoms with Crippen LogP contribution in [0.5, 0.6) is 0 Å². The van der Waals surface area contributed by atoms with E-state index in [0.717, 1.165) is 17.0 Å². The third kappa shape index (κ3) is 3.24. The highest BCUT2D eigenvalue weighted by molar-refractivity contribution is 7.17. The van der Waals surface area contributed by atoms with Gasteiger partial charge in [-0.1, -0.05) is 17.4 Å². The molecule has 0 aliphatic carbocycles. The van der Waals surface area contributed by atoms with Crippen LogP contribution >= 0.6 is 11.3 Å². The van der Waals surface area contributed by atoms with Gasteiger partial charge in [-0.3, -0.25) is 4.79 Å². The highest BCUT2D eigenvalue weighted by Crippen LogP contribution is 2.23. The minimum atomic E-state index is -0.193. The zero-order chi connectivity index (χ0) is 17.2. The van der Waals surface area contributed by atoms with Gasteiger partial charge >= 0.3 is 0 Å². The number of thiazole rings is 1. The maximum atomic E-state index is 12.5. The summed E-state index contributed by atoms with van der Waals surface area (Å²) in [5.41, 5.74) is 8.26. The van der Waals surface area contributed by atoms with E-state index in [1.807, 2.05) is 35.0 Å². The molecule has 8 heteroatoms. The average molecular weight is 353 g/mol. The number of anilines is 1. The number of hydrogen-bond donors (Lipinski definition) is 2. The van der Waals surface area contributed by atoms with Crippen LogP contribution < -0.4 is 11.1 Å². The van der Waals surface area contributed by atoms with Gasteiger partial charge in [0.15, 0.2) is 5.13 Å². The first kappa shape index (κ1) is 15.4. The summed E-state index contributed by atoms with van der Waals surface area (Å²) in [5.74, 6) is 0.548. The molecule has 1 amide bonds. The molecule has 0 saturated carbocycles. The molecule has 126 valence electrons. The van der Waals surface area contributed by atoms with Crippen LogP contribution in [0.3, 0.4) is 0 Å². The molecule has 0 aromatic carbocycles. The first-order valence-electron chi connectivity index (χ1n) is 7.66. The monoisotopic (exact) mass is 353 g/mol. The number of amides is 1. The summed E-state index contributed by atoms with van der Waals surface area (Å²) in [6, 6.07) is 7.50. The fraction of sp³-hybridized carbons (Fsp3) is 0.118. The standard InChI is InChI=1S/C17H15N5O2S/c18-17-21-13(8-12-2-1-7-24-12)15(25-17)16(23)20-9-11-3-4-14-19-5-6-22(14)10-11/h1-7,10H,8-9H2,(H2,18,21)(H,20,23). The molecule has 0 atom stereocenters. The Labute approximate surface area is 147 Å². The van der Waals surface area contributed by atoms with Gasteiger partial charge in [0.1, 0.15) is 16.3 Å². The number of furan rings is 1. The van der Waals surface area contributed by atoms with E-state index in [4.69, 9.17) is 10.2 Å². The first-order valence-corrected chi connectivity index (χ1v) is 8.48. The van der Waals surface area contributed by atoms with Crippen LogP contribution in [0.4, 0.5) is 5.13 Å². The molecule has 4 aromatic rings. The lowest BCUT2D eigenvalue weighted by atomic mass is 10.2. The molecule has 0 aliphatic heterocycles. The van der Waals surface area contributed by atoms with Gasteiger partial charge < -0.3 is 19.9 Å². The van der Waals surface area contributed by atoms with Crippen LogP contribution in [0, 0.1) is 0 Å². The highest BCUT2D eigenvalue weighted by Gasteiger charge is 2.18. The first-order chi connectivity index (χ1) is 12.2. The Morgan fingerprint density at radius 1 is 1.36 bits per heavy atom. The number of nitrogen functional groups attached to an aromatic ring is 1. The van der Waals surface area contributed by atoms with Crippen molar-refractivity contribution in [2.75, 3.05) is 5.73 Å². The van der Waals surface area contributed by atoms with Crippen LogP contribution in [-0.2, 0) is 13.0 Å². The number of carbonyl (C=O) groups is 1. The number of carbonyl (C=O) groups excluding carboxylic acids is 1. The second-order valence-corrected chi connectivity index (χ2v) is 6.53. The fourth-order valence-electron chi connectivity index (χ4n) is 2.58. The summed E-state index contributed by atoms with van der Waals surface area (Å²) >= 11 is 1.18. The molecule has 0 saturated heterocycles. The topological polar surface area (TPSA) is 98.5 Å². The molecule has 0 aliphatic rings. The summed E-state index contributed by atoms with van der Waals surface area (Å²) in [7, 11) is 0. The number of imidazole rings is 1. The van der Waals surface area contributed by atoms with Gasteiger partial charge in [0.05, 0.1) is 12.0 Å². The molecule has 0 radical (unpaired) electrons. The number of hydrogen-bond acceptors (Lipinski definition) is 6. The van der Waals surface area contributed by atoms with Gasteiger partial charge in [0, 0.05) is 31.6 Å². The van der Waals surface area contributed by atoms with E-state index in [1.54, 1.807) is 18.5 Å². The van der Waals surface area contributed by atoms with E-state index >= 15 is 0 Å². The molecule has 0 unspecified atom stereocenters. The SMILES string of the molecule is Nc1nc(Cc2ccco2)c(C(=O)NCc2ccc3nccn3c2)s1. The Bertz CT molecular complexity index is 1020.